The van der Waals surface area contributed by atoms with Crippen LogP contribution in [0.25, 0.3) is 0 Å². The molecule has 7 heteroatoms. The van der Waals surface area contributed by atoms with E-state index in [2.05, 4.69) is 0 Å². The normalized spacial score (nSPS) is 22.6. The lowest BCUT2D eigenvalue weighted by Crippen LogP contribution is -2.44. The number of hydrogen-bond donors (Lipinski definition) is 0. The summed E-state index contributed by atoms with van der Waals surface area (Å²) in [6, 6.07) is 4.45. The minimum atomic E-state index is -0.596. The molecular formula is C13H15ClN2O3S. The molecule has 0 aromatic heterocycles. The molecule has 0 radical (unpaired) electrons. The highest BCUT2D eigenvalue weighted by Crippen LogP contribution is 2.31. The second kappa shape index (κ2) is 6.01. The Morgan fingerprint density at radius 3 is 2.55 bits per heavy atom. The van der Waals surface area contributed by atoms with E-state index in [-0.39, 0.29) is 22.2 Å². The van der Waals surface area contributed by atoms with Gasteiger partial charge in [-0.15, -0.1) is 0 Å². The largest absolute Gasteiger partial charge is 0.336 e. The van der Waals surface area contributed by atoms with Crippen LogP contribution in [0.5, 0.6) is 0 Å². The molecule has 0 N–H and O–H groups in total. The minimum Gasteiger partial charge on any atom is -0.336 e. The number of thioether (sulfide) groups is 1. The zero-order valence-electron chi connectivity index (χ0n) is 11.2. The summed E-state index contributed by atoms with van der Waals surface area (Å²) in [5.74, 6) is -0.321. The molecule has 2 unspecified atom stereocenters. The Labute approximate surface area is 126 Å². The fourth-order valence-corrected chi connectivity index (χ4v) is 3.96. The van der Waals surface area contributed by atoms with Crippen LogP contribution in [0.15, 0.2) is 18.2 Å². The van der Waals surface area contributed by atoms with E-state index < -0.39 is 4.92 Å². The predicted octanol–water partition coefficient (Wildman–Crippen LogP) is 3.21. The lowest BCUT2D eigenvalue weighted by molar-refractivity contribution is -0.385. The maximum Gasteiger partial charge on any atom is 0.300 e. The highest BCUT2D eigenvalue weighted by Gasteiger charge is 2.31. The fourth-order valence-electron chi connectivity index (χ4n) is 2.39. The highest BCUT2D eigenvalue weighted by atomic mass is 35.5. The summed E-state index contributed by atoms with van der Waals surface area (Å²) in [5, 5.41) is 11.7. The van der Waals surface area contributed by atoms with E-state index in [9.17, 15) is 14.9 Å². The molecule has 2 atom stereocenters. The summed E-state index contributed by atoms with van der Waals surface area (Å²) in [7, 11) is 0. The first kappa shape index (κ1) is 15.1. The molecule has 1 aromatic rings. The number of amides is 1. The van der Waals surface area contributed by atoms with Gasteiger partial charge < -0.3 is 4.90 Å². The topological polar surface area (TPSA) is 63.5 Å². The molecular weight excluding hydrogens is 300 g/mol. The van der Waals surface area contributed by atoms with Gasteiger partial charge in [0.2, 0.25) is 0 Å². The van der Waals surface area contributed by atoms with E-state index in [1.54, 1.807) is 11.0 Å². The van der Waals surface area contributed by atoms with Crippen molar-refractivity contribution in [3.63, 3.8) is 0 Å². The number of carbonyl (C=O) groups is 1. The molecule has 1 aliphatic heterocycles. The van der Waals surface area contributed by atoms with Gasteiger partial charge >= 0.3 is 5.69 Å². The second-order valence-electron chi connectivity index (χ2n) is 4.86. The van der Waals surface area contributed by atoms with Crippen LogP contribution in [-0.2, 0) is 0 Å². The van der Waals surface area contributed by atoms with Crippen LogP contribution >= 0.6 is 23.4 Å². The molecule has 0 aliphatic carbocycles. The summed E-state index contributed by atoms with van der Waals surface area (Å²) < 4.78 is 0. The second-order valence-corrected chi connectivity index (χ2v) is 7.15. The maximum atomic E-state index is 12.5. The zero-order valence-corrected chi connectivity index (χ0v) is 12.8. The Morgan fingerprint density at radius 2 is 2.00 bits per heavy atom. The number of para-hydroxylation sites is 1. The van der Waals surface area contributed by atoms with Crippen molar-refractivity contribution in [3.05, 3.63) is 38.9 Å². The van der Waals surface area contributed by atoms with Gasteiger partial charge in [0.1, 0.15) is 10.6 Å². The smallest absolute Gasteiger partial charge is 0.300 e. The van der Waals surface area contributed by atoms with Gasteiger partial charge in [-0.3, -0.25) is 14.9 Å². The molecule has 1 fully saturated rings. The first-order valence-electron chi connectivity index (χ1n) is 6.27. The average molecular weight is 315 g/mol. The van der Waals surface area contributed by atoms with Crippen molar-refractivity contribution in [2.24, 2.45) is 0 Å². The summed E-state index contributed by atoms with van der Waals surface area (Å²) in [4.78, 5) is 24.7. The van der Waals surface area contributed by atoms with E-state index in [4.69, 9.17) is 11.6 Å². The van der Waals surface area contributed by atoms with Gasteiger partial charge in [0.25, 0.3) is 5.91 Å². The minimum absolute atomic E-state index is 0.00617. The van der Waals surface area contributed by atoms with Gasteiger partial charge in [-0.1, -0.05) is 31.5 Å². The van der Waals surface area contributed by atoms with Gasteiger partial charge in [-0.2, -0.15) is 11.8 Å². The Morgan fingerprint density at radius 1 is 1.40 bits per heavy atom. The molecule has 2 rings (SSSR count). The van der Waals surface area contributed by atoms with E-state index in [0.717, 1.165) is 0 Å². The third-order valence-electron chi connectivity index (χ3n) is 3.11. The number of benzene rings is 1. The van der Waals surface area contributed by atoms with Crippen molar-refractivity contribution in [2.75, 3.05) is 13.1 Å². The monoisotopic (exact) mass is 314 g/mol. The van der Waals surface area contributed by atoms with Gasteiger partial charge in [0, 0.05) is 23.6 Å². The molecule has 1 aromatic carbocycles. The van der Waals surface area contributed by atoms with Crippen LogP contribution in [0.3, 0.4) is 0 Å². The Bertz CT molecular complexity index is 542. The Kier molecular flexibility index (Phi) is 4.55. The number of halogens is 1. The van der Waals surface area contributed by atoms with E-state index in [1.165, 1.54) is 12.1 Å². The molecule has 0 bridgehead atoms. The molecule has 0 spiro atoms. The van der Waals surface area contributed by atoms with Crippen LogP contribution in [0.1, 0.15) is 24.2 Å². The van der Waals surface area contributed by atoms with Crippen LogP contribution in [-0.4, -0.2) is 39.3 Å². The Balaban J connectivity index is 2.34. The number of rotatable bonds is 2. The lowest BCUT2D eigenvalue weighted by Gasteiger charge is -2.34. The number of nitrogens with zero attached hydrogens (tertiary/aromatic N) is 2. The lowest BCUT2D eigenvalue weighted by atomic mass is 10.1. The van der Waals surface area contributed by atoms with Crippen LogP contribution in [0.2, 0.25) is 5.02 Å². The van der Waals surface area contributed by atoms with Crippen molar-refractivity contribution >= 4 is 35.0 Å². The Hall–Kier alpha value is -1.27. The van der Waals surface area contributed by atoms with Crippen molar-refractivity contribution in [2.45, 2.75) is 24.3 Å². The zero-order chi connectivity index (χ0) is 14.9. The van der Waals surface area contributed by atoms with Crippen molar-refractivity contribution in [1.82, 2.24) is 4.90 Å². The van der Waals surface area contributed by atoms with Crippen molar-refractivity contribution in [1.29, 1.82) is 0 Å². The van der Waals surface area contributed by atoms with Gasteiger partial charge in [0.15, 0.2) is 0 Å². The van der Waals surface area contributed by atoms with Crippen LogP contribution < -0.4 is 0 Å². The molecule has 20 heavy (non-hydrogen) atoms. The first-order chi connectivity index (χ1) is 9.40. The van der Waals surface area contributed by atoms with Crippen molar-refractivity contribution < 1.29 is 9.72 Å². The molecule has 1 heterocycles. The molecule has 1 saturated heterocycles. The summed E-state index contributed by atoms with van der Waals surface area (Å²) >= 11 is 7.67. The number of nitro benzene ring substituents is 1. The molecule has 5 nitrogen and oxygen atoms in total. The molecule has 1 aliphatic rings. The predicted molar refractivity (Wildman–Crippen MR) is 80.5 cm³/mol. The molecule has 1 amide bonds. The summed E-state index contributed by atoms with van der Waals surface area (Å²) in [6.07, 6.45) is 0. The molecule has 0 saturated carbocycles. The summed E-state index contributed by atoms with van der Waals surface area (Å²) in [5.41, 5.74) is -0.244. The van der Waals surface area contributed by atoms with E-state index in [0.29, 0.717) is 23.6 Å². The van der Waals surface area contributed by atoms with E-state index in [1.807, 2.05) is 25.6 Å². The highest BCUT2D eigenvalue weighted by molar-refractivity contribution is 8.00. The average Bonchev–Trinajstić information content (AvgIpc) is 2.35. The van der Waals surface area contributed by atoms with Crippen molar-refractivity contribution in [3.8, 4) is 0 Å². The third-order valence-corrected chi connectivity index (χ3v) is 4.64. The van der Waals surface area contributed by atoms with Gasteiger partial charge in [0.05, 0.1) is 4.92 Å². The van der Waals surface area contributed by atoms with Gasteiger partial charge in [-0.05, 0) is 12.1 Å². The third kappa shape index (κ3) is 3.07. The number of carbonyl (C=O) groups excluding carboxylic acids is 1. The quantitative estimate of drug-likeness (QED) is 0.621. The van der Waals surface area contributed by atoms with Gasteiger partial charge in [-0.25, -0.2) is 0 Å². The van der Waals surface area contributed by atoms with E-state index >= 15 is 0 Å². The molecule has 108 valence electrons. The first-order valence-corrected chi connectivity index (χ1v) is 7.60. The van der Waals surface area contributed by atoms with Crippen LogP contribution in [0.4, 0.5) is 5.69 Å². The number of nitro groups is 1. The SMILES string of the molecule is CC1CN(C(=O)c2cccc(Cl)c2[N+](=O)[O-])CC(C)S1. The standard InChI is InChI=1S/C13H15ClN2O3S/c1-8-6-15(7-9(2)20-8)13(17)10-4-3-5-11(14)12(10)16(18)19/h3-5,8-9H,6-7H2,1-2H3. The number of hydrogen-bond acceptors (Lipinski definition) is 4. The fraction of sp³-hybridized carbons (Fsp3) is 0.462. The van der Waals surface area contributed by atoms with Crippen LogP contribution in [0, 0.1) is 10.1 Å². The summed E-state index contributed by atoms with van der Waals surface area (Å²) in [6.45, 7) is 5.29. The maximum absolute atomic E-state index is 12.5.